The number of ether oxygens (including phenoxy) is 2. The average molecular weight is 334 g/mol. The minimum atomic E-state index is -3.96. The molecule has 8 heteroatoms. The zero-order chi connectivity index (χ0) is 15.6. The topological polar surface area (TPSA) is 95.7 Å². The summed E-state index contributed by atoms with van der Waals surface area (Å²) in [6.45, 7) is 2.57. The maximum atomic E-state index is 12.2. The molecule has 1 fully saturated rings. The summed E-state index contributed by atoms with van der Waals surface area (Å²) < 4.78 is 33.6. The van der Waals surface area contributed by atoms with E-state index in [1.165, 1.54) is 19.1 Å². The van der Waals surface area contributed by atoms with Crippen LogP contribution in [-0.4, -0.2) is 33.7 Å². The maximum Gasteiger partial charge on any atom is 0.338 e. The van der Waals surface area contributed by atoms with Crippen LogP contribution in [0.2, 0.25) is 5.02 Å². The van der Waals surface area contributed by atoms with E-state index in [1.54, 1.807) is 0 Å². The second kappa shape index (κ2) is 6.31. The van der Waals surface area contributed by atoms with E-state index in [9.17, 15) is 13.2 Å². The van der Waals surface area contributed by atoms with Gasteiger partial charge in [-0.05, 0) is 24.6 Å². The van der Waals surface area contributed by atoms with Crippen molar-refractivity contribution in [2.45, 2.75) is 30.8 Å². The van der Waals surface area contributed by atoms with Gasteiger partial charge in [-0.2, -0.15) is 0 Å². The lowest BCUT2D eigenvalue weighted by molar-refractivity contribution is -0.0159. The minimum absolute atomic E-state index is 0.109. The number of hydrogen-bond donors (Lipinski definition) is 1. The van der Waals surface area contributed by atoms with Crippen molar-refractivity contribution in [2.75, 3.05) is 13.2 Å². The fourth-order valence-electron chi connectivity index (χ4n) is 2.17. The van der Waals surface area contributed by atoms with Gasteiger partial charge in [-0.1, -0.05) is 11.6 Å². The molecule has 0 aliphatic carbocycles. The van der Waals surface area contributed by atoms with Crippen LogP contribution >= 0.6 is 11.6 Å². The summed E-state index contributed by atoms with van der Waals surface area (Å²) in [5, 5.41) is 5.24. The molecule has 1 aromatic rings. The lowest BCUT2D eigenvalue weighted by Gasteiger charge is -2.22. The van der Waals surface area contributed by atoms with Crippen molar-refractivity contribution < 1.29 is 22.7 Å². The van der Waals surface area contributed by atoms with Crippen molar-refractivity contribution in [1.82, 2.24) is 0 Å². The van der Waals surface area contributed by atoms with Gasteiger partial charge < -0.3 is 9.47 Å². The number of sulfonamides is 1. The van der Waals surface area contributed by atoms with E-state index in [0.717, 1.165) is 0 Å². The largest absolute Gasteiger partial charge is 0.459 e. The number of rotatable bonds is 3. The number of halogens is 1. The Morgan fingerprint density at radius 1 is 1.38 bits per heavy atom. The molecule has 1 aliphatic rings. The van der Waals surface area contributed by atoms with Crippen molar-refractivity contribution in [1.29, 1.82) is 0 Å². The van der Waals surface area contributed by atoms with Gasteiger partial charge >= 0.3 is 5.97 Å². The number of benzene rings is 1. The normalized spacial score (nSPS) is 16.7. The average Bonchev–Trinajstić information content (AvgIpc) is 2.40. The number of primary sulfonamides is 1. The molecule has 0 atom stereocenters. The third-order valence-electron chi connectivity index (χ3n) is 3.29. The highest BCUT2D eigenvalue weighted by Crippen LogP contribution is 2.25. The first kappa shape index (κ1) is 16.2. The summed E-state index contributed by atoms with van der Waals surface area (Å²) in [5.74, 6) is -0.605. The number of esters is 1. The first-order valence-corrected chi connectivity index (χ1v) is 8.33. The monoisotopic (exact) mass is 333 g/mol. The van der Waals surface area contributed by atoms with Crippen LogP contribution in [0.5, 0.6) is 0 Å². The standard InChI is InChI=1S/C13H16ClNO5S/c1-8-11(6-9(14)7-12(8)21(15,17)18)13(16)20-10-2-4-19-5-3-10/h6-7,10H,2-5H2,1H3,(H2,15,17,18). The van der Waals surface area contributed by atoms with Crippen LogP contribution in [0.15, 0.2) is 17.0 Å². The van der Waals surface area contributed by atoms with E-state index in [0.29, 0.717) is 26.1 Å². The zero-order valence-corrected chi connectivity index (χ0v) is 13.0. The van der Waals surface area contributed by atoms with E-state index < -0.39 is 16.0 Å². The Morgan fingerprint density at radius 2 is 2.00 bits per heavy atom. The van der Waals surface area contributed by atoms with Crippen molar-refractivity contribution in [3.8, 4) is 0 Å². The van der Waals surface area contributed by atoms with Crippen LogP contribution in [0.3, 0.4) is 0 Å². The number of carbonyl (C=O) groups excluding carboxylic acids is 1. The van der Waals surface area contributed by atoms with Crippen LogP contribution in [0, 0.1) is 6.92 Å². The predicted octanol–water partition coefficient (Wildman–Crippen LogP) is 1.63. The van der Waals surface area contributed by atoms with Crippen LogP contribution < -0.4 is 5.14 Å². The Kier molecular flexibility index (Phi) is 4.88. The molecule has 0 amide bonds. The predicted molar refractivity (Wildman–Crippen MR) is 76.8 cm³/mol. The highest BCUT2D eigenvalue weighted by Gasteiger charge is 2.24. The minimum Gasteiger partial charge on any atom is -0.459 e. The van der Waals surface area contributed by atoms with E-state index in [-0.39, 0.29) is 27.1 Å². The molecule has 6 nitrogen and oxygen atoms in total. The molecule has 0 bridgehead atoms. The number of hydrogen-bond acceptors (Lipinski definition) is 5. The molecule has 0 saturated carbocycles. The molecule has 0 aromatic heterocycles. The Bertz CT molecular complexity index is 653. The molecule has 2 rings (SSSR count). The molecule has 1 aliphatic heterocycles. The SMILES string of the molecule is Cc1c(C(=O)OC2CCOCC2)cc(Cl)cc1S(N)(=O)=O. The molecule has 1 saturated heterocycles. The Labute approximate surface area is 128 Å². The van der Waals surface area contributed by atoms with Crippen LogP contribution in [0.25, 0.3) is 0 Å². The summed E-state index contributed by atoms with van der Waals surface area (Å²) in [6.07, 6.45) is 1.00. The summed E-state index contributed by atoms with van der Waals surface area (Å²) >= 11 is 5.87. The zero-order valence-electron chi connectivity index (χ0n) is 11.5. The van der Waals surface area contributed by atoms with Gasteiger partial charge in [0.2, 0.25) is 10.0 Å². The molecule has 1 aromatic carbocycles. The second-order valence-corrected chi connectivity index (χ2v) is 6.80. The fourth-order valence-corrected chi connectivity index (χ4v) is 3.28. The van der Waals surface area contributed by atoms with E-state index in [1.807, 2.05) is 0 Å². The molecule has 2 N–H and O–H groups in total. The van der Waals surface area contributed by atoms with E-state index >= 15 is 0 Å². The number of nitrogens with two attached hydrogens (primary N) is 1. The Morgan fingerprint density at radius 3 is 2.57 bits per heavy atom. The number of carbonyl (C=O) groups is 1. The summed E-state index contributed by atoms with van der Waals surface area (Å²) in [5.41, 5.74) is 0.344. The Hall–Kier alpha value is -1.15. The molecular formula is C13H16ClNO5S. The molecule has 0 radical (unpaired) electrons. The van der Waals surface area contributed by atoms with Gasteiger partial charge in [0, 0.05) is 17.9 Å². The molecule has 0 spiro atoms. The van der Waals surface area contributed by atoms with Gasteiger partial charge in [0.05, 0.1) is 23.7 Å². The third kappa shape index (κ3) is 3.94. The Balaban J connectivity index is 2.30. The van der Waals surface area contributed by atoms with Gasteiger partial charge in [0.25, 0.3) is 0 Å². The third-order valence-corrected chi connectivity index (χ3v) is 4.55. The highest BCUT2D eigenvalue weighted by atomic mass is 35.5. The van der Waals surface area contributed by atoms with Crippen molar-refractivity contribution in [2.24, 2.45) is 5.14 Å². The van der Waals surface area contributed by atoms with E-state index in [4.69, 9.17) is 26.2 Å². The van der Waals surface area contributed by atoms with Gasteiger partial charge in [-0.3, -0.25) is 0 Å². The smallest absolute Gasteiger partial charge is 0.338 e. The van der Waals surface area contributed by atoms with Gasteiger partial charge in [0.15, 0.2) is 0 Å². The highest BCUT2D eigenvalue weighted by molar-refractivity contribution is 7.89. The summed E-state index contributed by atoms with van der Waals surface area (Å²) in [6, 6.07) is 2.60. The molecule has 1 heterocycles. The van der Waals surface area contributed by atoms with Crippen LogP contribution in [-0.2, 0) is 19.5 Å². The molecule has 0 unspecified atom stereocenters. The second-order valence-electron chi connectivity index (χ2n) is 4.84. The van der Waals surface area contributed by atoms with E-state index in [2.05, 4.69) is 0 Å². The maximum absolute atomic E-state index is 12.2. The fraction of sp³-hybridized carbons (Fsp3) is 0.462. The van der Waals surface area contributed by atoms with Gasteiger partial charge in [-0.25, -0.2) is 18.4 Å². The lowest BCUT2D eigenvalue weighted by Crippen LogP contribution is -2.26. The molecular weight excluding hydrogens is 318 g/mol. The first-order valence-electron chi connectivity index (χ1n) is 6.40. The summed E-state index contributed by atoms with van der Waals surface area (Å²) in [7, 11) is -3.96. The van der Waals surface area contributed by atoms with Crippen molar-refractivity contribution in [3.05, 3.63) is 28.3 Å². The van der Waals surface area contributed by atoms with Crippen LogP contribution in [0.1, 0.15) is 28.8 Å². The molecule has 116 valence electrons. The van der Waals surface area contributed by atoms with Crippen molar-refractivity contribution >= 4 is 27.6 Å². The van der Waals surface area contributed by atoms with Crippen LogP contribution in [0.4, 0.5) is 0 Å². The van der Waals surface area contributed by atoms with Gasteiger partial charge in [0.1, 0.15) is 6.10 Å². The first-order chi connectivity index (χ1) is 9.79. The van der Waals surface area contributed by atoms with Gasteiger partial charge in [-0.15, -0.1) is 0 Å². The summed E-state index contributed by atoms with van der Waals surface area (Å²) in [4.78, 5) is 12.0. The van der Waals surface area contributed by atoms with Crippen molar-refractivity contribution in [3.63, 3.8) is 0 Å². The lowest BCUT2D eigenvalue weighted by atomic mass is 10.1. The molecule has 21 heavy (non-hydrogen) atoms. The quantitative estimate of drug-likeness (QED) is 0.848.